The molecule has 0 spiro atoms. The van der Waals surface area contributed by atoms with E-state index in [-0.39, 0.29) is 5.56 Å². The average molecular weight is 273 g/mol. The Labute approximate surface area is 106 Å². The molecule has 0 aliphatic carbocycles. The van der Waals surface area contributed by atoms with Gasteiger partial charge in [0, 0.05) is 27.7 Å². The molecule has 0 saturated carbocycles. The van der Waals surface area contributed by atoms with E-state index >= 15 is 0 Å². The predicted octanol–water partition coefficient (Wildman–Crippen LogP) is 3.55. The molecule has 0 saturated heterocycles. The number of thiophene rings is 1. The van der Waals surface area contributed by atoms with Crippen molar-refractivity contribution in [2.45, 2.75) is 19.2 Å². The molecule has 0 aliphatic rings. The van der Waals surface area contributed by atoms with Crippen LogP contribution in [0.5, 0.6) is 0 Å². The first-order valence-electron chi connectivity index (χ1n) is 5.15. The van der Waals surface area contributed by atoms with Crippen LogP contribution < -0.4 is 0 Å². The lowest BCUT2D eigenvalue weighted by molar-refractivity contribution is -0.139. The van der Waals surface area contributed by atoms with E-state index < -0.39 is 17.8 Å². The standard InChI is InChI=1S/C12H10F3NOS/c1-7-2-3-10(18-7)11(17)8-6-16-5-4-9(8)12(13,14)15/h2-6,11,17H,1H3. The van der Waals surface area contributed by atoms with Gasteiger partial charge in [-0.15, -0.1) is 11.3 Å². The van der Waals surface area contributed by atoms with Gasteiger partial charge in [0.1, 0.15) is 6.10 Å². The number of rotatable bonds is 2. The number of hydrogen-bond donors (Lipinski definition) is 1. The third kappa shape index (κ3) is 2.54. The van der Waals surface area contributed by atoms with Crippen LogP contribution in [0.3, 0.4) is 0 Å². The van der Waals surface area contributed by atoms with Gasteiger partial charge in [-0.2, -0.15) is 13.2 Å². The monoisotopic (exact) mass is 273 g/mol. The zero-order chi connectivity index (χ0) is 13.3. The van der Waals surface area contributed by atoms with Crippen molar-refractivity contribution in [1.29, 1.82) is 0 Å². The van der Waals surface area contributed by atoms with Crippen molar-refractivity contribution in [3.05, 3.63) is 51.5 Å². The highest BCUT2D eigenvalue weighted by Gasteiger charge is 2.35. The lowest BCUT2D eigenvalue weighted by atomic mass is 10.0. The van der Waals surface area contributed by atoms with E-state index in [0.29, 0.717) is 4.88 Å². The highest BCUT2D eigenvalue weighted by molar-refractivity contribution is 7.12. The van der Waals surface area contributed by atoms with Crippen molar-refractivity contribution in [3.8, 4) is 0 Å². The first kappa shape index (κ1) is 13.0. The largest absolute Gasteiger partial charge is 0.416 e. The molecule has 2 aromatic heterocycles. The van der Waals surface area contributed by atoms with Gasteiger partial charge in [-0.3, -0.25) is 4.98 Å². The summed E-state index contributed by atoms with van der Waals surface area (Å²) in [5, 5.41) is 10.0. The molecule has 18 heavy (non-hydrogen) atoms. The third-order valence-electron chi connectivity index (χ3n) is 2.48. The van der Waals surface area contributed by atoms with E-state index in [1.54, 1.807) is 12.1 Å². The zero-order valence-electron chi connectivity index (χ0n) is 9.40. The Kier molecular flexibility index (Phi) is 3.41. The highest BCUT2D eigenvalue weighted by atomic mass is 32.1. The van der Waals surface area contributed by atoms with Crippen molar-refractivity contribution in [1.82, 2.24) is 4.98 Å². The second-order valence-corrected chi connectivity index (χ2v) is 5.13. The van der Waals surface area contributed by atoms with Crippen LogP contribution in [0.1, 0.15) is 27.0 Å². The Bertz CT molecular complexity index is 550. The topological polar surface area (TPSA) is 33.1 Å². The minimum Gasteiger partial charge on any atom is -0.383 e. The number of aliphatic hydroxyl groups is 1. The fourth-order valence-corrected chi connectivity index (χ4v) is 2.52. The molecule has 1 atom stereocenters. The van der Waals surface area contributed by atoms with E-state index in [2.05, 4.69) is 4.98 Å². The maximum absolute atomic E-state index is 12.8. The Morgan fingerprint density at radius 1 is 1.28 bits per heavy atom. The lowest BCUT2D eigenvalue weighted by Crippen LogP contribution is -2.12. The molecule has 0 aliphatic heterocycles. The second-order valence-electron chi connectivity index (χ2n) is 3.81. The predicted molar refractivity (Wildman–Crippen MR) is 62.4 cm³/mol. The second kappa shape index (κ2) is 4.70. The van der Waals surface area contributed by atoms with Crippen molar-refractivity contribution in [2.75, 3.05) is 0 Å². The summed E-state index contributed by atoms with van der Waals surface area (Å²) in [5.74, 6) is 0. The van der Waals surface area contributed by atoms with E-state index in [4.69, 9.17) is 0 Å². The SMILES string of the molecule is Cc1ccc(C(O)c2cnccc2C(F)(F)F)s1. The summed E-state index contributed by atoms with van der Waals surface area (Å²) in [4.78, 5) is 5.07. The summed E-state index contributed by atoms with van der Waals surface area (Å²) in [5.41, 5.74) is -1.07. The molecular formula is C12H10F3NOS. The summed E-state index contributed by atoms with van der Waals surface area (Å²) >= 11 is 1.26. The Hall–Kier alpha value is -1.40. The van der Waals surface area contributed by atoms with Gasteiger partial charge in [-0.05, 0) is 25.1 Å². The van der Waals surface area contributed by atoms with E-state index in [1.807, 2.05) is 6.92 Å². The number of halogens is 3. The summed E-state index contributed by atoms with van der Waals surface area (Å²) in [7, 11) is 0. The molecule has 2 nitrogen and oxygen atoms in total. The van der Waals surface area contributed by atoms with Crippen LogP contribution in [0.4, 0.5) is 13.2 Å². The molecule has 0 radical (unpaired) electrons. The third-order valence-corrected chi connectivity index (χ3v) is 3.54. The van der Waals surface area contributed by atoms with Gasteiger partial charge in [-0.25, -0.2) is 0 Å². The van der Waals surface area contributed by atoms with Crippen LogP contribution in [0.2, 0.25) is 0 Å². The fourth-order valence-electron chi connectivity index (χ4n) is 1.64. The Balaban J connectivity index is 2.45. The molecule has 1 N–H and O–H groups in total. The minimum atomic E-state index is -4.49. The number of alkyl halides is 3. The van der Waals surface area contributed by atoms with E-state index in [9.17, 15) is 18.3 Å². The Morgan fingerprint density at radius 2 is 2.00 bits per heavy atom. The maximum atomic E-state index is 12.8. The molecule has 2 rings (SSSR count). The summed E-state index contributed by atoms with van der Waals surface area (Å²) in [6.07, 6.45) is -3.67. The van der Waals surface area contributed by atoms with E-state index in [0.717, 1.165) is 23.3 Å². The van der Waals surface area contributed by atoms with Crippen LogP contribution in [0.15, 0.2) is 30.6 Å². The van der Waals surface area contributed by atoms with Crippen molar-refractivity contribution < 1.29 is 18.3 Å². The number of pyridine rings is 1. The van der Waals surface area contributed by atoms with Gasteiger partial charge < -0.3 is 5.11 Å². The Morgan fingerprint density at radius 3 is 2.56 bits per heavy atom. The van der Waals surface area contributed by atoms with Gasteiger partial charge in [0.25, 0.3) is 0 Å². The number of aromatic nitrogens is 1. The normalized spacial score (nSPS) is 13.6. The maximum Gasteiger partial charge on any atom is 0.416 e. The first-order chi connectivity index (χ1) is 8.39. The number of nitrogens with zero attached hydrogens (tertiary/aromatic N) is 1. The molecule has 0 bridgehead atoms. The lowest BCUT2D eigenvalue weighted by Gasteiger charge is -2.15. The quantitative estimate of drug-likeness (QED) is 0.907. The molecule has 6 heteroatoms. The summed E-state index contributed by atoms with van der Waals surface area (Å²) in [6.45, 7) is 1.83. The van der Waals surface area contributed by atoms with Crippen LogP contribution in [0.25, 0.3) is 0 Å². The zero-order valence-corrected chi connectivity index (χ0v) is 10.2. The summed E-state index contributed by atoms with van der Waals surface area (Å²) < 4.78 is 38.4. The number of aliphatic hydroxyl groups excluding tert-OH is 1. The summed E-state index contributed by atoms with van der Waals surface area (Å²) in [6, 6.07) is 4.25. The minimum absolute atomic E-state index is 0.216. The van der Waals surface area contributed by atoms with Crippen LogP contribution in [-0.4, -0.2) is 10.1 Å². The molecule has 1 unspecified atom stereocenters. The van der Waals surface area contributed by atoms with Crippen molar-refractivity contribution in [3.63, 3.8) is 0 Å². The van der Waals surface area contributed by atoms with Gasteiger partial charge in [0.05, 0.1) is 5.56 Å². The first-order valence-corrected chi connectivity index (χ1v) is 5.97. The number of hydrogen-bond acceptors (Lipinski definition) is 3. The molecule has 96 valence electrons. The van der Waals surface area contributed by atoms with Gasteiger partial charge >= 0.3 is 6.18 Å². The van der Waals surface area contributed by atoms with Crippen molar-refractivity contribution in [2.24, 2.45) is 0 Å². The van der Waals surface area contributed by atoms with E-state index in [1.165, 1.54) is 11.3 Å². The van der Waals surface area contributed by atoms with Crippen LogP contribution in [-0.2, 0) is 6.18 Å². The number of aryl methyl sites for hydroxylation is 1. The van der Waals surface area contributed by atoms with Gasteiger partial charge in [0.2, 0.25) is 0 Å². The molecule has 0 amide bonds. The molecular weight excluding hydrogens is 263 g/mol. The average Bonchev–Trinajstić information content (AvgIpc) is 2.74. The smallest absolute Gasteiger partial charge is 0.383 e. The molecule has 2 aromatic rings. The van der Waals surface area contributed by atoms with Gasteiger partial charge in [-0.1, -0.05) is 0 Å². The molecule has 0 aromatic carbocycles. The molecule has 0 fully saturated rings. The van der Waals surface area contributed by atoms with Gasteiger partial charge in [0.15, 0.2) is 0 Å². The van der Waals surface area contributed by atoms with Crippen LogP contribution in [0, 0.1) is 6.92 Å². The highest BCUT2D eigenvalue weighted by Crippen LogP contribution is 2.37. The van der Waals surface area contributed by atoms with Crippen molar-refractivity contribution >= 4 is 11.3 Å². The molecule has 2 heterocycles. The fraction of sp³-hybridized carbons (Fsp3) is 0.250. The van der Waals surface area contributed by atoms with Crippen LogP contribution >= 0.6 is 11.3 Å².